The fourth-order valence-electron chi connectivity index (χ4n) is 2.62. The molecule has 1 aliphatic heterocycles. The highest BCUT2D eigenvalue weighted by Crippen LogP contribution is 2.16. The molecule has 3 rings (SSSR count). The van der Waals surface area contributed by atoms with Gasteiger partial charge in [-0.05, 0) is 11.6 Å². The Morgan fingerprint density at radius 3 is 2.92 bits per heavy atom. The second kappa shape index (κ2) is 8.48. The summed E-state index contributed by atoms with van der Waals surface area (Å²) in [5, 5.41) is 20.5. The quantitative estimate of drug-likeness (QED) is 0.741. The maximum Gasteiger partial charge on any atom is 0.254 e. The molecule has 24 heavy (non-hydrogen) atoms. The Morgan fingerprint density at radius 2 is 2.21 bits per heavy atom. The molecule has 0 bridgehead atoms. The molecular formula is C16H20Cl2N4O2. The number of carbonyl (C=O) groups excluding carboxylic acids is 1. The molecule has 2 heterocycles. The minimum absolute atomic E-state index is 0. The fourth-order valence-corrected chi connectivity index (χ4v) is 2.82. The zero-order chi connectivity index (χ0) is 16.2. The number of carbonyl (C=O) groups is 1. The molecule has 0 radical (unpaired) electrons. The summed E-state index contributed by atoms with van der Waals surface area (Å²) in [6.07, 6.45) is 2.83. The lowest BCUT2D eigenvalue weighted by molar-refractivity contribution is 0.0927. The number of rotatable bonds is 5. The van der Waals surface area contributed by atoms with Crippen LogP contribution in [0.1, 0.15) is 15.9 Å². The van der Waals surface area contributed by atoms with Gasteiger partial charge in [-0.2, -0.15) is 5.10 Å². The summed E-state index contributed by atoms with van der Waals surface area (Å²) >= 11 is 6.13. The van der Waals surface area contributed by atoms with Gasteiger partial charge in [0.2, 0.25) is 0 Å². The molecule has 130 valence electrons. The zero-order valence-corrected chi connectivity index (χ0v) is 14.6. The molecule has 0 aliphatic carbocycles. The van der Waals surface area contributed by atoms with Crippen LogP contribution in [0.25, 0.3) is 0 Å². The summed E-state index contributed by atoms with van der Waals surface area (Å²) < 4.78 is 1.68. The van der Waals surface area contributed by atoms with Crippen LogP contribution >= 0.6 is 24.0 Å². The Bertz CT molecular complexity index is 692. The van der Waals surface area contributed by atoms with Gasteiger partial charge in [0.15, 0.2) is 0 Å². The molecule has 6 nitrogen and oxygen atoms in total. The summed E-state index contributed by atoms with van der Waals surface area (Å²) in [5.74, 6) is -0.133. The Labute approximate surface area is 151 Å². The number of halogens is 2. The first kappa shape index (κ1) is 18.7. The molecule has 2 unspecified atom stereocenters. The van der Waals surface area contributed by atoms with Crippen molar-refractivity contribution in [3.05, 3.63) is 52.8 Å². The number of β-amino-alcohol motifs (C(OH)–C–C–N with tert-alkyl or cyclic N) is 1. The first-order valence-electron chi connectivity index (χ1n) is 7.56. The van der Waals surface area contributed by atoms with Crippen molar-refractivity contribution < 1.29 is 9.90 Å². The van der Waals surface area contributed by atoms with Crippen molar-refractivity contribution >= 4 is 29.9 Å². The Morgan fingerprint density at radius 1 is 1.42 bits per heavy atom. The van der Waals surface area contributed by atoms with Gasteiger partial charge in [-0.15, -0.1) is 12.4 Å². The predicted octanol–water partition coefficient (Wildman–Crippen LogP) is 1.32. The maximum atomic E-state index is 12.1. The van der Waals surface area contributed by atoms with Gasteiger partial charge in [-0.25, -0.2) is 0 Å². The zero-order valence-electron chi connectivity index (χ0n) is 13.0. The van der Waals surface area contributed by atoms with Crippen LogP contribution in [0, 0.1) is 5.92 Å². The van der Waals surface area contributed by atoms with E-state index in [-0.39, 0.29) is 24.2 Å². The Hall–Kier alpha value is -1.60. The largest absolute Gasteiger partial charge is 0.391 e. The third kappa shape index (κ3) is 4.48. The highest BCUT2D eigenvalue weighted by Gasteiger charge is 2.25. The fraction of sp³-hybridized carbons (Fsp3) is 0.375. The second-order valence-electron chi connectivity index (χ2n) is 5.71. The topological polar surface area (TPSA) is 79.2 Å². The van der Waals surface area contributed by atoms with Crippen molar-refractivity contribution in [1.82, 2.24) is 20.4 Å². The van der Waals surface area contributed by atoms with Crippen molar-refractivity contribution in [3.8, 4) is 0 Å². The van der Waals surface area contributed by atoms with E-state index in [1.54, 1.807) is 10.9 Å². The van der Waals surface area contributed by atoms with Gasteiger partial charge in [0, 0.05) is 36.8 Å². The number of benzene rings is 1. The molecule has 0 spiro atoms. The molecule has 1 aromatic carbocycles. The number of hydrogen-bond acceptors (Lipinski definition) is 4. The lowest BCUT2D eigenvalue weighted by atomic mass is 10.1. The SMILES string of the molecule is Cl.O=C(NCC1CNCC1O)c1cnn(Cc2ccccc2Cl)c1. The van der Waals surface area contributed by atoms with E-state index < -0.39 is 6.10 Å². The first-order chi connectivity index (χ1) is 11.1. The number of aliphatic hydroxyl groups is 1. The predicted molar refractivity (Wildman–Crippen MR) is 94.7 cm³/mol. The van der Waals surface area contributed by atoms with E-state index in [4.69, 9.17) is 11.6 Å². The number of hydrogen-bond donors (Lipinski definition) is 3. The number of aliphatic hydroxyl groups excluding tert-OH is 1. The average Bonchev–Trinajstić information content (AvgIpc) is 3.16. The van der Waals surface area contributed by atoms with Crippen LogP contribution in [-0.2, 0) is 6.54 Å². The lowest BCUT2D eigenvalue weighted by Gasteiger charge is -2.13. The molecule has 2 atom stereocenters. The highest BCUT2D eigenvalue weighted by atomic mass is 35.5. The Kier molecular flexibility index (Phi) is 6.62. The summed E-state index contributed by atoms with van der Waals surface area (Å²) in [6.45, 7) is 2.25. The van der Waals surface area contributed by atoms with Gasteiger partial charge in [-0.1, -0.05) is 29.8 Å². The molecule has 8 heteroatoms. The maximum absolute atomic E-state index is 12.1. The second-order valence-corrected chi connectivity index (χ2v) is 6.12. The third-order valence-electron chi connectivity index (χ3n) is 4.01. The van der Waals surface area contributed by atoms with E-state index in [1.807, 2.05) is 24.3 Å². The van der Waals surface area contributed by atoms with Crippen LogP contribution in [0.15, 0.2) is 36.7 Å². The van der Waals surface area contributed by atoms with Crippen molar-refractivity contribution in [2.75, 3.05) is 19.6 Å². The van der Waals surface area contributed by atoms with Crippen LogP contribution in [0.3, 0.4) is 0 Å². The molecule has 2 aromatic rings. The highest BCUT2D eigenvalue weighted by molar-refractivity contribution is 6.31. The number of amides is 1. The van der Waals surface area contributed by atoms with E-state index >= 15 is 0 Å². The van der Waals surface area contributed by atoms with E-state index in [2.05, 4.69) is 15.7 Å². The standard InChI is InChI=1S/C16H19ClN4O2.ClH/c17-14-4-2-1-3-11(14)9-21-10-13(7-20-21)16(23)19-6-12-5-18-8-15(12)22;/h1-4,7,10,12,15,18,22H,5-6,8-9H2,(H,19,23);1H. The monoisotopic (exact) mass is 370 g/mol. The third-order valence-corrected chi connectivity index (χ3v) is 4.38. The number of aromatic nitrogens is 2. The van der Waals surface area contributed by atoms with Gasteiger partial charge >= 0.3 is 0 Å². The normalized spacial score (nSPS) is 19.8. The molecule has 1 saturated heterocycles. The van der Waals surface area contributed by atoms with E-state index in [0.717, 1.165) is 5.56 Å². The van der Waals surface area contributed by atoms with Crippen molar-refractivity contribution in [1.29, 1.82) is 0 Å². The Balaban J connectivity index is 0.00000208. The molecule has 1 aliphatic rings. The van der Waals surface area contributed by atoms with Gasteiger partial charge in [0.1, 0.15) is 0 Å². The van der Waals surface area contributed by atoms with Gasteiger partial charge in [0.25, 0.3) is 5.91 Å². The smallest absolute Gasteiger partial charge is 0.254 e. The van der Waals surface area contributed by atoms with Crippen LogP contribution in [0.5, 0.6) is 0 Å². The van der Waals surface area contributed by atoms with Crippen LogP contribution in [0.4, 0.5) is 0 Å². The lowest BCUT2D eigenvalue weighted by Crippen LogP contribution is -2.34. The summed E-state index contributed by atoms with van der Waals surface area (Å²) in [6, 6.07) is 7.55. The van der Waals surface area contributed by atoms with E-state index in [9.17, 15) is 9.90 Å². The minimum atomic E-state index is -0.404. The van der Waals surface area contributed by atoms with Crippen LogP contribution in [-0.4, -0.2) is 46.5 Å². The molecule has 1 amide bonds. The molecule has 1 aromatic heterocycles. The average molecular weight is 371 g/mol. The summed E-state index contributed by atoms with van der Waals surface area (Å²) in [4.78, 5) is 12.1. The van der Waals surface area contributed by atoms with Crippen molar-refractivity contribution in [3.63, 3.8) is 0 Å². The van der Waals surface area contributed by atoms with Crippen LogP contribution in [0.2, 0.25) is 5.02 Å². The van der Waals surface area contributed by atoms with Gasteiger partial charge in [-0.3, -0.25) is 9.48 Å². The van der Waals surface area contributed by atoms with Crippen LogP contribution < -0.4 is 10.6 Å². The molecular weight excluding hydrogens is 351 g/mol. The van der Waals surface area contributed by atoms with Crippen molar-refractivity contribution in [2.24, 2.45) is 5.92 Å². The van der Waals surface area contributed by atoms with Crippen molar-refractivity contribution in [2.45, 2.75) is 12.6 Å². The summed E-state index contributed by atoms with van der Waals surface area (Å²) in [5.41, 5.74) is 1.45. The van der Waals surface area contributed by atoms with E-state index in [1.165, 1.54) is 6.20 Å². The van der Waals surface area contributed by atoms with Gasteiger partial charge in [0.05, 0.1) is 24.4 Å². The van der Waals surface area contributed by atoms with Gasteiger partial charge < -0.3 is 15.7 Å². The molecule has 0 saturated carbocycles. The number of nitrogens with zero attached hydrogens (tertiary/aromatic N) is 2. The molecule has 1 fully saturated rings. The first-order valence-corrected chi connectivity index (χ1v) is 7.94. The summed E-state index contributed by atoms with van der Waals surface area (Å²) in [7, 11) is 0. The number of nitrogens with one attached hydrogen (secondary N) is 2. The molecule has 3 N–H and O–H groups in total. The van der Waals surface area contributed by atoms with E-state index in [0.29, 0.717) is 36.8 Å². The minimum Gasteiger partial charge on any atom is -0.391 e.